The smallest absolute Gasteiger partial charge is 0.334 e. The van der Waals surface area contributed by atoms with Crippen molar-refractivity contribution in [3.8, 4) is 28.7 Å². The van der Waals surface area contributed by atoms with E-state index in [1.165, 1.54) is 95.2 Å². The number of unbranched alkanes of at least 4 members (excludes halogenated alkanes) is 6. The molecule has 0 unspecified atom stereocenters. The van der Waals surface area contributed by atoms with Gasteiger partial charge in [-0.15, -0.1) is 0 Å². The molecule has 27 nitrogen and oxygen atoms in total. The second-order valence-corrected chi connectivity index (χ2v) is 20.8. The molecule has 0 saturated carbocycles. The van der Waals surface area contributed by atoms with Crippen LogP contribution in [-0.2, 0) is 24.0 Å². The number of nitrogens with one attached hydrogen (secondary N) is 7. The fraction of sp³-hybridized carbons (Fsp3) is 0.468. The number of carboxylic acids is 1. The molecule has 0 fully saturated rings. The van der Waals surface area contributed by atoms with Crippen molar-refractivity contribution in [3.63, 3.8) is 0 Å². The number of nitrogens with two attached hydrogens (primary N) is 5. The Morgan fingerprint density at radius 2 is 0.798 bits per heavy atom. The molecule has 0 saturated heterocycles. The highest BCUT2D eigenvalue weighted by Crippen LogP contribution is 2.29. The van der Waals surface area contributed by atoms with Crippen LogP contribution in [0.5, 0.6) is 28.7 Å². The van der Waals surface area contributed by atoms with Crippen LogP contribution in [0.3, 0.4) is 0 Å². The maximum atomic E-state index is 14.3. The number of carbonyl (C=O) groups is 9. The van der Waals surface area contributed by atoms with E-state index < -0.39 is 77.5 Å². The summed E-state index contributed by atoms with van der Waals surface area (Å²) in [6.07, 6.45) is 6.58. The van der Waals surface area contributed by atoms with Gasteiger partial charge < -0.3 is 94.7 Å². The Morgan fingerprint density at radius 1 is 0.427 bits per heavy atom. The average molecular weight is 1240 g/mol. The van der Waals surface area contributed by atoms with Crippen LogP contribution in [0.4, 0.5) is 17.1 Å². The van der Waals surface area contributed by atoms with Gasteiger partial charge in [0.15, 0.2) is 0 Å². The molecule has 0 aliphatic heterocycles. The van der Waals surface area contributed by atoms with Gasteiger partial charge in [-0.3, -0.25) is 38.4 Å². The minimum Gasteiger partial charge on any atom is -0.496 e. The van der Waals surface area contributed by atoms with Gasteiger partial charge >= 0.3 is 11.9 Å². The zero-order valence-electron chi connectivity index (χ0n) is 51.1. The van der Waals surface area contributed by atoms with Crippen molar-refractivity contribution in [1.82, 2.24) is 21.3 Å². The van der Waals surface area contributed by atoms with Gasteiger partial charge in [-0.25, -0.2) is 4.79 Å². The van der Waals surface area contributed by atoms with Crippen molar-refractivity contribution in [2.75, 3.05) is 77.1 Å². The van der Waals surface area contributed by atoms with Crippen molar-refractivity contribution in [3.05, 3.63) is 95.1 Å². The molecule has 486 valence electrons. The number of esters is 1. The molecule has 0 aliphatic carbocycles. The molecule has 4 aromatic carbocycles. The van der Waals surface area contributed by atoms with Crippen LogP contribution >= 0.6 is 0 Å². The Kier molecular flexibility index (Phi) is 31.9. The molecular weight excluding hydrogens is 1150 g/mol. The standard InChI is InChI=1S/C62H88N12O15/c1-85-50-25-22-39(34-42(50)55(77)68-33-15-5-6-20-54(75)76)70-61(83)48(18-9-13-31-65)73-58(80)45-37-41(24-28-53(45)88-4)89-62(84)49(19-10-14-32-66)74-57(79)44-36-40(23-27-52(44)87-3)71-60(82)47(17-8-12-30-64)72-56(78)43-35-38(21-26-51(43)86-2)69-59(81)46(67)16-7-11-29-63/h21-28,34-37,46-49H,5-20,29-33,63-67H2,1-4H3,(H,68,77)(H,69,81)(H,70,83)(H,71,82)(H,72,78)(H,73,80)(H,74,79)(H,75,76)/t46-,47-,48-,49-/m0/s1. The van der Waals surface area contributed by atoms with E-state index in [0.717, 1.165) is 0 Å². The average Bonchev–Trinajstić information content (AvgIpc) is 2.00. The van der Waals surface area contributed by atoms with Crippen LogP contribution in [0.1, 0.15) is 144 Å². The zero-order valence-corrected chi connectivity index (χ0v) is 51.1. The molecule has 0 radical (unpaired) electrons. The van der Waals surface area contributed by atoms with E-state index >= 15 is 0 Å². The highest BCUT2D eigenvalue weighted by Gasteiger charge is 2.30. The first-order valence-corrected chi connectivity index (χ1v) is 29.7. The van der Waals surface area contributed by atoms with Gasteiger partial charge in [0, 0.05) is 30.0 Å². The lowest BCUT2D eigenvalue weighted by atomic mass is 10.1. The Labute approximate surface area is 518 Å². The molecule has 7 amide bonds. The third kappa shape index (κ3) is 24.0. The maximum absolute atomic E-state index is 14.3. The van der Waals surface area contributed by atoms with Crippen LogP contribution in [0.25, 0.3) is 0 Å². The fourth-order valence-electron chi connectivity index (χ4n) is 9.19. The van der Waals surface area contributed by atoms with Crippen LogP contribution in [0, 0.1) is 0 Å². The quantitative estimate of drug-likeness (QED) is 0.0169. The highest BCUT2D eigenvalue weighted by atomic mass is 16.5. The van der Waals surface area contributed by atoms with Crippen molar-refractivity contribution < 1.29 is 71.9 Å². The Hall–Kier alpha value is -8.89. The molecule has 0 aliphatic rings. The molecule has 0 spiro atoms. The number of rotatable bonds is 41. The minimum absolute atomic E-state index is 0.0220. The van der Waals surface area contributed by atoms with Crippen LogP contribution < -0.4 is 89.6 Å². The van der Waals surface area contributed by atoms with Gasteiger partial charge in [0.2, 0.25) is 17.7 Å². The molecular formula is C62H88N12O15. The molecule has 18 N–H and O–H groups in total. The first-order valence-electron chi connectivity index (χ1n) is 29.7. The summed E-state index contributed by atoms with van der Waals surface area (Å²) in [5, 5.41) is 28.2. The van der Waals surface area contributed by atoms with Gasteiger partial charge in [0.1, 0.15) is 46.9 Å². The number of carboxylic acid groups (broad SMARTS) is 1. The number of hydrogen-bond donors (Lipinski definition) is 13. The third-order valence-corrected chi connectivity index (χ3v) is 14.1. The summed E-state index contributed by atoms with van der Waals surface area (Å²) >= 11 is 0. The van der Waals surface area contributed by atoms with Crippen LogP contribution in [0.15, 0.2) is 72.8 Å². The second kappa shape index (κ2) is 39.1. The van der Waals surface area contributed by atoms with E-state index in [2.05, 4.69) is 37.2 Å². The number of aliphatic carboxylic acids is 1. The molecule has 0 heterocycles. The molecule has 4 atom stereocenters. The number of carbonyl (C=O) groups excluding carboxylic acids is 8. The van der Waals surface area contributed by atoms with E-state index in [1.54, 1.807) is 6.07 Å². The normalized spacial score (nSPS) is 12.2. The molecule has 4 rings (SSSR count). The molecule has 27 heteroatoms. The summed E-state index contributed by atoms with van der Waals surface area (Å²) in [5.74, 6) is -5.85. The predicted octanol–water partition coefficient (Wildman–Crippen LogP) is 4.06. The van der Waals surface area contributed by atoms with Gasteiger partial charge in [0.25, 0.3) is 23.6 Å². The molecule has 0 bridgehead atoms. The summed E-state index contributed by atoms with van der Waals surface area (Å²) in [4.78, 5) is 122. The third-order valence-electron chi connectivity index (χ3n) is 14.1. The minimum atomic E-state index is -1.30. The SMILES string of the molecule is COc1ccc(NC(=O)[C@H](CCCCN)NC(=O)c2cc(OC(=O)[C@H](CCCCN)NC(=O)c3cc(NC(=O)[C@H](CCCCN)NC(=O)c4cc(NC(=O)[C@@H](N)CCCCN)ccc4OC)ccc3OC)ccc2OC)cc1C(=O)NCCCCCC(=O)O. The van der Waals surface area contributed by atoms with Crippen molar-refractivity contribution in [2.45, 2.75) is 127 Å². The lowest BCUT2D eigenvalue weighted by Gasteiger charge is -2.21. The lowest BCUT2D eigenvalue weighted by Crippen LogP contribution is -2.44. The van der Waals surface area contributed by atoms with E-state index in [1.807, 2.05) is 0 Å². The van der Waals surface area contributed by atoms with Crippen LogP contribution in [0.2, 0.25) is 0 Å². The number of methoxy groups -OCH3 is 4. The Bertz CT molecular complexity index is 3020. The monoisotopic (exact) mass is 1240 g/mol. The first-order chi connectivity index (χ1) is 42.8. The first kappa shape index (κ1) is 72.6. The summed E-state index contributed by atoms with van der Waals surface area (Å²) in [6.45, 7) is 1.67. The second-order valence-electron chi connectivity index (χ2n) is 20.8. The van der Waals surface area contributed by atoms with Gasteiger partial charge in [-0.2, -0.15) is 0 Å². The largest absolute Gasteiger partial charge is 0.496 e. The predicted molar refractivity (Wildman–Crippen MR) is 335 cm³/mol. The number of anilines is 3. The van der Waals surface area contributed by atoms with Gasteiger partial charge in [0.05, 0.1) is 56.7 Å². The molecule has 0 aromatic heterocycles. The molecule has 4 aromatic rings. The van der Waals surface area contributed by atoms with Crippen molar-refractivity contribution >= 4 is 70.4 Å². The summed E-state index contributed by atoms with van der Waals surface area (Å²) in [6, 6.07) is 12.8. The Balaban J connectivity index is 1.53. The number of ether oxygens (including phenoxy) is 5. The maximum Gasteiger partial charge on any atom is 0.334 e. The summed E-state index contributed by atoms with van der Waals surface area (Å²) in [7, 11) is 5.42. The molecule has 89 heavy (non-hydrogen) atoms. The lowest BCUT2D eigenvalue weighted by molar-refractivity contribution is -0.137. The van der Waals surface area contributed by atoms with E-state index in [4.69, 9.17) is 57.5 Å². The van der Waals surface area contributed by atoms with Crippen molar-refractivity contribution in [2.24, 2.45) is 28.7 Å². The summed E-state index contributed by atoms with van der Waals surface area (Å²) < 4.78 is 27.7. The number of hydrogen-bond acceptors (Lipinski definition) is 19. The topological polar surface area (TPSA) is 434 Å². The number of benzene rings is 4. The fourth-order valence-corrected chi connectivity index (χ4v) is 9.19. The van der Waals surface area contributed by atoms with Gasteiger partial charge in [-0.1, -0.05) is 12.8 Å². The number of amides is 7. The zero-order chi connectivity index (χ0) is 65.3. The van der Waals surface area contributed by atoms with E-state index in [9.17, 15) is 43.2 Å². The van der Waals surface area contributed by atoms with E-state index in [-0.39, 0.29) is 107 Å². The van der Waals surface area contributed by atoms with Crippen LogP contribution in [-0.4, -0.2) is 144 Å². The Morgan fingerprint density at radius 3 is 1.21 bits per heavy atom. The highest BCUT2D eigenvalue weighted by molar-refractivity contribution is 6.06. The van der Waals surface area contributed by atoms with Crippen molar-refractivity contribution in [1.29, 1.82) is 0 Å². The van der Waals surface area contributed by atoms with E-state index in [0.29, 0.717) is 96.7 Å². The summed E-state index contributed by atoms with van der Waals surface area (Å²) in [5.41, 5.74) is 29.6. The van der Waals surface area contributed by atoms with Gasteiger partial charge in [-0.05, 0) is 182 Å².